The number of carboxylic acid groups (broad SMARTS) is 1. The number of carbonyl (C=O) groups excluding carboxylic acids is 3. The van der Waals surface area contributed by atoms with Crippen LogP contribution < -0.4 is 16.0 Å². The van der Waals surface area contributed by atoms with Gasteiger partial charge >= 0.3 is 5.97 Å². The van der Waals surface area contributed by atoms with Gasteiger partial charge in [-0.1, -0.05) is 30.3 Å². The maximum atomic E-state index is 11.7. The van der Waals surface area contributed by atoms with Gasteiger partial charge in [-0.25, -0.2) is 4.79 Å². The van der Waals surface area contributed by atoms with Crippen LogP contribution in [-0.4, -0.2) is 41.9 Å². The molecule has 8 heteroatoms. The van der Waals surface area contributed by atoms with Crippen molar-refractivity contribution in [1.82, 2.24) is 16.0 Å². The van der Waals surface area contributed by atoms with Gasteiger partial charge in [-0.05, 0) is 5.56 Å². The first-order valence-electron chi connectivity index (χ1n) is 6.48. The average Bonchev–Trinajstić information content (AvgIpc) is 2.49. The maximum Gasteiger partial charge on any atom is 0.330 e. The Balaban J connectivity index is 2.50. The van der Waals surface area contributed by atoms with E-state index in [9.17, 15) is 19.2 Å². The average molecular weight is 307 g/mol. The summed E-state index contributed by atoms with van der Waals surface area (Å²) in [5.41, 5.74) is 0.424. The van der Waals surface area contributed by atoms with E-state index >= 15 is 0 Å². The molecule has 1 aromatic carbocycles. The van der Waals surface area contributed by atoms with Crippen molar-refractivity contribution >= 4 is 23.7 Å². The molecular weight excluding hydrogens is 290 g/mol. The van der Waals surface area contributed by atoms with E-state index in [1.165, 1.54) is 6.92 Å². The molecule has 0 heterocycles. The summed E-state index contributed by atoms with van der Waals surface area (Å²) in [4.78, 5) is 44.8. The number of carbonyl (C=O) groups is 4. The fourth-order valence-corrected chi connectivity index (χ4v) is 1.59. The highest BCUT2D eigenvalue weighted by Crippen LogP contribution is 2.12. The lowest BCUT2D eigenvalue weighted by Crippen LogP contribution is -2.43. The van der Waals surface area contributed by atoms with Crippen LogP contribution in [0.15, 0.2) is 30.3 Å². The first kappa shape index (κ1) is 17.2. The van der Waals surface area contributed by atoms with E-state index in [1.807, 2.05) is 0 Å². The minimum Gasteiger partial charge on any atom is -0.479 e. The van der Waals surface area contributed by atoms with E-state index in [1.54, 1.807) is 30.3 Å². The number of aliphatic carboxylic acids is 1. The number of hydrogen-bond acceptors (Lipinski definition) is 4. The van der Waals surface area contributed by atoms with Gasteiger partial charge in [-0.2, -0.15) is 0 Å². The van der Waals surface area contributed by atoms with Crippen molar-refractivity contribution in [2.45, 2.75) is 13.0 Å². The molecule has 118 valence electrons. The Bertz CT molecular complexity index is 559. The van der Waals surface area contributed by atoms with Crippen LogP contribution in [0.25, 0.3) is 0 Å². The zero-order valence-electron chi connectivity index (χ0n) is 12.0. The monoisotopic (exact) mass is 307 g/mol. The predicted octanol–water partition coefficient (Wildman–Crippen LogP) is -0.819. The van der Waals surface area contributed by atoms with Gasteiger partial charge in [0.25, 0.3) is 0 Å². The summed E-state index contributed by atoms with van der Waals surface area (Å²) in [5.74, 6) is -2.76. The molecule has 0 fully saturated rings. The van der Waals surface area contributed by atoms with Crippen molar-refractivity contribution in [3.05, 3.63) is 35.9 Å². The van der Waals surface area contributed by atoms with E-state index in [0.717, 1.165) is 0 Å². The van der Waals surface area contributed by atoms with Crippen molar-refractivity contribution in [2.24, 2.45) is 0 Å². The van der Waals surface area contributed by atoms with Crippen LogP contribution in [-0.2, 0) is 19.2 Å². The lowest BCUT2D eigenvalue weighted by molar-refractivity contribution is -0.142. The summed E-state index contributed by atoms with van der Waals surface area (Å²) in [6, 6.07) is 7.01. The Labute approximate surface area is 126 Å². The van der Waals surface area contributed by atoms with Gasteiger partial charge in [0.05, 0.1) is 13.1 Å². The number of carboxylic acids is 1. The van der Waals surface area contributed by atoms with Crippen LogP contribution in [0.1, 0.15) is 18.5 Å². The largest absolute Gasteiger partial charge is 0.479 e. The molecular formula is C14H17N3O5. The summed E-state index contributed by atoms with van der Waals surface area (Å²) in [5, 5.41) is 16.0. The van der Waals surface area contributed by atoms with Crippen LogP contribution in [0.5, 0.6) is 0 Å². The first-order valence-corrected chi connectivity index (χ1v) is 6.48. The zero-order chi connectivity index (χ0) is 16.5. The number of rotatable bonds is 7. The quantitative estimate of drug-likeness (QED) is 0.524. The van der Waals surface area contributed by atoms with E-state index in [-0.39, 0.29) is 19.0 Å². The van der Waals surface area contributed by atoms with Gasteiger partial charge in [-0.3, -0.25) is 14.4 Å². The molecule has 0 aromatic heterocycles. The first-order chi connectivity index (χ1) is 10.4. The molecule has 8 nitrogen and oxygen atoms in total. The Morgan fingerprint density at radius 1 is 1.00 bits per heavy atom. The van der Waals surface area contributed by atoms with Gasteiger partial charge in [0.1, 0.15) is 0 Å². The lowest BCUT2D eigenvalue weighted by Gasteiger charge is -2.15. The predicted molar refractivity (Wildman–Crippen MR) is 76.7 cm³/mol. The Morgan fingerprint density at radius 3 is 2.14 bits per heavy atom. The second-order valence-electron chi connectivity index (χ2n) is 4.44. The summed E-state index contributed by atoms with van der Waals surface area (Å²) < 4.78 is 0. The number of nitrogens with one attached hydrogen (secondary N) is 3. The highest BCUT2D eigenvalue weighted by atomic mass is 16.4. The zero-order valence-corrected chi connectivity index (χ0v) is 12.0. The highest BCUT2D eigenvalue weighted by Gasteiger charge is 2.21. The van der Waals surface area contributed by atoms with Gasteiger partial charge < -0.3 is 21.1 Å². The van der Waals surface area contributed by atoms with E-state index < -0.39 is 23.8 Å². The summed E-state index contributed by atoms with van der Waals surface area (Å²) in [7, 11) is 0. The molecule has 22 heavy (non-hydrogen) atoms. The molecule has 0 unspecified atom stereocenters. The standard InChI is InChI=1S/C14H17N3O5/c1-9(18)15-7-11(19)16-8-12(20)17-13(14(21)22)10-5-3-2-4-6-10/h2-6,13H,7-8H2,1H3,(H,15,18)(H,16,19)(H,17,20)(H,21,22)/t13-/m0/s1. The summed E-state index contributed by atoms with van der Waals surface area (Å²) in [6.45, 7) is 0.635. The molecule has 0 aliphatic rings. The van der Waals surface area contributed by atoms with Crippen LogP contribution in [0.3, 0.4) is 0 Å². The lowest BCUT2D eigenvalue weighted by atomic mass is 10.1. The fourth-order valence-electron chi connectivity index (χ4n) is 1.59. The number of hydrogen-bond donors (Lipinski definition) is 4. The second-order valence-corrected chi connectivity index (χ2v) is 4.44. The van der Waals surface area contributed by atoms with Crippen molar-refractivity contribution in [3.8, 4) is 0 Å². The molecule has 0 aliphatic heterocycles. The van der Waals surface area contributed by atoms with Gasteiger partial charge in [-0.15, -0.1) is 0 Å². The molecule has 3 amide bonds. The smallest absolute Gasteiger partial charge is 0.330 e. The minimum atomic E-state index is -1.20. The molecule has 0 saturated heterocycles. The molecule has 0 aliphatic carbocycles. The normalized spacial score (nSPS) is 11.1. The van der Waals surface area contributed by atoms with Gasteiger partial charge in [0.15, 0.2) is 6.04 Å². The molecule has 1 aromatic rings. The molecule has 1 atom stereocenters. The highest BCUT2D eigenvalue weighted by molar-refractivity contribution is 5.89. The van der Waals surface area contributed by atoms with Gasteiger partial charge in [0.2, 0.25) is 17.7 Å². The number of benzene rings is 1. The topological polar surface area (TPSA) is 125 Å². The fraction of sp³-hybridized carbons (Fsp3) is 0.286. The van der Waals surface area contributed by atoms with Crippen molar-refractivity contribution < 1.29 is 24.3 Å². The molecule has 4 N–H and O–H groups in total. The maximum absolute atomic E-state index is 11.7. The molecule has 0 bridgehead atoms. The van der Waals surface area contributed by atoms with Crippen molar-refractivity contribution in [2.75, 3.05) is 13.1 Å². The molecule has 0 radical (unpaired) electrons. The molecule has 0 saturated carbocycles. The minimum absolute atomic E-state index is 0.246. The summed E-state index contributed by atoms with van der Waals surface area (Å²) >= 11 is 0. The third kappa shape index (κ3) is 6.04. The number of amides is 3. The Kier molecular flexibility index (Phi) is 6.55. The van der Waals surface area contributed by atoms with E-state index in [0.29, 0.717) is 5.56 Å². The van der Waals surface area contributed by atoms with Crippen molar-refractivity contribution in [3.63, 3.8) is 0 Å². The summed E-state index contributed by atoms with van der Waals surface area (Å²) in [6.07, 6.45) is 0. The molecule has 0 spiro atoms. The van der Waals surface area contributed by atoms with Crippen LogP contribution in [0.4, 0.5) is 0 Å². The van der Waals surface area contributed by atoms with Crippen LogP contribution in [0.2, 0.25) is 0 Å². The van der Waals surface area contributed by atoms with Crippen LogP contribution >= 0.6 is 0 Å². The second kappa shape index (κ2) is 8.40. The SMILES string of the molecule is CC(=O)NCC(=O)NCC(=O)N[C@H](C(=O)O)c1ccccc1. The van der Waals surface area contributed by atoms with E-state index in [2.05, 4.69) is 16.0 Å². The Morgan fingerprint density at radius 2 is 1.59 bits per heavy atom. The van der Waals surface area contributed by atoms with Crippen LogP contribution in [0, 0.1) is 0 Å². The molecule has 1 rings (SSSR count). The van der Waals surface area contributed by atoms with Crippen molar-refractivity contribution in [1.29, 1.82) is 0 Å². The third-order valence-electron chi connectivity index (χ3n) is 2.63. The van der Waals surface area contributed by atoms with E-state index in [4.69, 9.17) is 5.11 Å². The Hall–Kier alpha value is -2.90. The third-order valence-corrected chi connectivity index (χ3v) is 2.63. The van der Waals surface area contributed by atoms with Gasteiger partial charge in [0, 0.05) is 6.92 Å².